The minimum atomic E-state index is 0.181. The number of rotatable bonds is 2. The Kier molecular flexibility index (Phi) is 3.75. The van der Waals surface area contributed by atoms with Crippen molar-refractivity contribution in [1.82, 2.24) is 10.1 Å². The highest BCUT2D eigenvalue weighted by atomic mass is 29.1. The van der Waals surface area contributed by atoms with Crippen molar-refractivity contribution >= 4 is 19.0 Å². The standard InChI is InChI=1S/C2H12N2Si2/c1-4(2)3-6-5/h3H,6H2,1-2,5H3. The number of hydrogen-bond acceptors (Lipinski definition) is 2. The van der Waals surface area contributed by atoms with Crippen molar-refractivity contribution in [1.29, 1.82) is 0 Å². The van der Waals surface area contributed by atoms with Gasteiger partial charge in [-0.15, -0.1) is 0 Å². The molecule has 0 aliphatic heterocycles. The Bertz CT molecular complexity index is 30.7. The van der Waals surface area contributed by atoms with E-state index >= 15 is 0 Å². The van der Waals surface area contributed by atoms with Crippen LogP contribution in [0.2, 0.25) is 0 Å². The molecule has 1 N–H and O–H groups in total. The predicted octanol–water partition coefficient (Wildman–Crippen LogP) is -2.58. The van der Waals surface area contributed by atoms with E-state index in [1.165, 1.54) is 9.76 Å². The molecule has 0 unspecified atom stereocenters. The molecule has 38 valence electrons. The number of hydrogen-bond donors (Lipinski definition) is 1. The summed E-state index contributed by atoms with van der Waals surface area (Å²) in [6, 6.07) is 0. The zero-order valence-electron chi connectivity index (χ0n) is 4.65. The Hall–Kier alpha value is 0.354. The minimum Gasteiger partial charge on any atom is -0.288 e. The first kappa shape index (κ1) is 6.35. The molecule has 0 saturated heterocycles. The lowest BCUT2D eigenvalue weighted by atomic mass is 11.2. The van der Waals surface area contributed by atoms with Crippen LogP contribution < -0.4 is 5.09 Å². The topological polar surface area (TPSA) is 15.3 Å². The van der Waals surface area contributed by atoms with Crippen molar-refractivity contribution in [2.45, 2.75) is 0 Å². The Balaban J connectivity index is 2.63. The molecule has 0 fully saturated rings. The van der Waals surface area contributed by atoms with E-state index in [1.807, 2.05) is 19.1 Å². The van der Waals surface area contributed by atoms with Gasteiger partial charge in [-0.1, -0.05) is 0 Å². The molecule has 0 aliphatic carbocycles. The van der Waals surface area contributed by atoms with Gasteiger partial charge < -0.3 is 0 Å². The maximum atomic E-state index is 3.24. The van der Waals surface area contributed by atoms with Crippen molar-refractivity contribution in [3.05, 3.63) is 0 Å². The van der Waals surface area contributed by atoms with Gasteiger partial charge in [-0.2, -0.15) is 0 Å². The zero-order chi connectivity index (χ0) is 4.99. The van der Waals surface area contributed by atoms with Crippen LogP contribution in [0, 0.1) is 0 Å². The number of nitrogens with zero attached hydrogens (tertiary/aromatic N) is 1. The molecule has 0 radical (unpaired) electrons. The van der Waals surface area contributed by atoms with E-state index in [9.17, 15) is 0 Å². The van der Waals surface area contributed by atoms with E-state index in [1.54, 1.807) is 0 Å². The van der Waals surface area contributed by atoms with Crippen LogP contribution in [0.1, 0.15) is 0 Å². The second kappa shape index (κ2) is 3.54. The van der Waals surface area contributed by atoms with E-state index in [-0.39, 0.29) is 9.20 Å². The number of nitrogens with one attached hydrogen (secondary N) is 1. The highest BCUT2D eigenvalue weighted by molar-refractivity contribution is 6.87. The van der Waals surface area contributed by atoms with E-state index in [0.717, 1.165) is 0 Å². The van der Waals surface area contributed by atoms with E-state index in [0.29, 0.717) is 0 Å². The van der Waals surface area contributed by atoms with Gasteiger partial charge in [-0.3, -0.25) is 10.1 Å². The van der Waals surface area contributed by atoms with Crippen LogP contribution >= 0.6 is 0 Å². The van der Waals surface area contributed by atoms with E-state index in [2.05, 4.69) is 5.09 Å². The van der Waals surface area contributed by atoms with Crippen molar-refractivity contribution in [3.8, 4) is 0 Å². The van der Waals surface area contributed by atoms with Crippen molar-refractivity contribution in [2.75, 3.05) is 14.1 Å². The van der Waals surface area contributed by atoms with Crippen LogP contribution in [-0.2, 0) is 0 Å². The van der Waals surface area contributed by atoms with Crippen LogP contribution in [-0.4, -0.2) is 38.1 Å². The smallest absolute Gasteiger partial charge is 0.0912 e. The average Bonchev–Trinajstić information content (AvgIpc) is 1.35. The van der Waals surface area contributed by atoms with Gasteiger partial charge in [-0.05, 0) is 0 Å². The molecule has 0 aromatic heterocycles. The SMILES string of the molecule is CN(C)N[SiH2][SiH3]. The summed E-state index contributed by atoms with van der Waals surface area (Å²) in [5.74, 6) is 0. The second-order valence-corrected chi connectivity index (χ2v) is 4.55. The maximum absolute atomic E-state index is 3.24. The maximum Gasteiger partial charge on any atom is 0.0912 e. The summed E-state index contributed by atoms with van der Waals surface area (Å²) in [5.41, 5.74) is 0. The molecular formula is C2H12N2Si2. The summed E-state index contributed by atoms with van der Waals surface area (Å²) in [6.45, 7) is 0. The monoisotopic (exact) mass is 120 g/mol. The van der Waals surface area contributed by atoms with Crippen molar-refractivity contribution < 1.29 is 0 Å². The van der Waals surface area contributed by atoms with Gasteiger partial charge in [-0.25, -0.2) is 0 Å². The molecule has 0 rings (SSSR count). The van der Waals surface area contributed by atoms with E-state index in [4.69, 9.17) is 0 Å². The molecule has 0 aromatic carbocycles. The van der Waals surface area contributed by atoms with Crippen molar-refractivity contribution in [2.24, 2.45) is 0 Å². The summed E-state index contributed by atoms with van der Waals surface area (Å²) in [7, 11) is 5.62. The lowest BCUT2D eigenvalue weighted by molar-refractivity contribution is 0.376. The van der Waals surface area contributed by atoms with E-state index < -0.39 is 0 Å². The summed E-state index contributed by atoms with van der Waals surface area (Å²) in [4.78, 5) is 0. The number of hydrazine groups is 1. The summed E-state index contributed by atoms with van der Waals surface area (Å²) >= 11 is 0. The molecule has 6 heavy (non-hydrogen) atoms. The molecule has 0 atom stereocenters. The first-order valence-corrected chi connectivity index (χ1v) is 8.54. The second-order valence-electron chi connectivity index (χ2n) is 1.41. The van der Waals surface area contributed by atoms with Gasteiger partial charge in [0.25, 0.3) is 0 Å². The largest absolute Gasteiger partial charge is 0.288 e. The van der Waals surface area contributed by atoms with Gasteiger partial charge >= 0.3 is 0 Å². The van der Waals surface area contributed by atoms with Crippen LogP contribution in [0.25, 0.3) is 0 Å². The van der Waals surface area contributed by atoms with Crippen LogP contribution in [0.5, 0.6) is 0 Å². The molecule has 0 spiro atoms. The molecule has 0 amide bonds. The Morgan fingerprint density at radius 1 is 1.67 bits per heavy atom. The lowest BCUT2D eigenvalue weighted by Crippen LogP contribution is -2.33. The molecule has 2 nitrogen and oxygen atoms in total. The normalized spacial score (nSPS) is 12.5. The van der Waals surface area contributed by atoms with Crippen LogP contribution in [0.3, 0.4) is 0 Å². The molecule has 0 saturated carbocycles. The highest BCUT2D eigenvalue weighted by Crippen LogP contribution is 1.52. The molecule has 4 heteroatoms. The van der Waals surface area contributed by atoms with Gasteiger partial charge in [0.1, 0.15) is 0 Å². The fourth-order valence-electron chi connectivity index (χ4n) is 0.316. The third-order valence-corrected chi connectivity index (χ3v) is 2.37. The third-order valence-electron chi connectivity index (χ3n) is 0.474. The van der Waals surface area contributed by atoms with Gasteiger partial charge in [0.2, 0.25) is 0 Å². The van der Waals surface area contributed by atoms with Crippen LogP contribution in [0.4, 0.5) is 0 Å². The lowest BCUT2D eigenvalue weighted by Gasteiger charge is -2.07. The van der Waals surface area contributed by atoms with Crippen molar-refractivity contribution in [3.63, 3.8) is 0 Å². The Morgan fingerprint density at radius 2 is 2.17 bits per heavy atom. The fourth-order valence-corrected chi connectivity index (χ4v) is 2.85. The molecule has 0 aromatic rings. The first-order chi connectivity index (χ1) is 2.77. The highest BCUT2D eigenvalue weighted by Gasteiger charge is 1.76. The zero-order valence-corrected chi connectivity index (χ0v) is 8.07. The summed E-state index contributed by atoms with van der Waals surface area (Å²) in [5, 5.41) is 5.27. The van der Waals surface area contributed by atoms with Crippen LogP contribution in [0.15, 0.2) is 0 Å². The minimum absolute atomic E-state index is 0.181. The summed E-state index contributed by atoms with van der Waals surface area (Å²) < 4.78 is 0. The van der Waals surface area contributed by atoms with Gasteiger partial charge in [0.05, 0.1) is 9.20 Å². The Labute approximate surface area is 44.0 Å². The summed E-state index contributed by atoms with van der Waals surface area (Å²) in [6.07, 6.45) is 0. The predicted molar refractivity (Wildman–Crippen MR) is 35.3 cm³/mol. The first-order valence-electron chi connectivity index (χ1n) is 2.18. The van der Waals surface area contributed by atoms with Gasteiger partial charge in [0, 0.05) is 23.9 Å². The molecule has 0 bridgehead atoms. The third kappa shape index (κ3) is 4.35. The molecular weight excluding hydrogens is 108 g/mol. The quantitative estimate of drug-likeness (QED) is 0.318. The Morgan fingerprint density at radius 3 is 2.17 bits per heavy atom. The van der Waals surface area contributed by atoms with Gasteiger partial charge in [0.15, 0.2) is 0 Å². The fraction of sp³-hybridized carbons (Fsp3) is 1.00. The molecule has 0 heterocycles. The average molecular weight is 120 g/mol. The molecule has 0 aliphatic rings.